The molecule has 0 aromatic heterocycles. The van der Waals surface area contributed by atoms with Crippen molar-refractivity contribution in [2.75, 3.05) is 11.9 Å². The second-order valence-corrected chi connectivity index (χ2v) is 4.05. The van der Waals surface area contributed by atoms with Crippen molar-refractivity contribution in [3.63, 3.8) is 0 Å². The summed E-state index contributed by atoms with van der Waals surface area (Å²) in [5.41, 5.74) is 1.59. The van der Waals surface area contributed by atoms with Gasteiger partial charge in [-0.05, 0) is 31.0 Å². The van der Waals surface area contributed by atoms with Crippen molar-refractivity contribution in [2.45, 2.75) is 25.9 Å². The van der Waals surface area contributed by atoms with E-state index in [9.17, 15) is 4.79 Å². The lowest BCUT2D eigenvalue weighted by atomic mass is 10.1. The maximum atomic E-state index is 11.4. The van der Waals surface area contributed by atoms with E-state index in [0.717, 1.165) is 5.56 Å². The van der Waals surface area contributed by atoms with Gasteiger partial charge in [-0.2, -0.15) is 5.26 Å². The molecule has 1 rings (SSSR count). The number of anilines is 1. The Kier molecular flexibility index (Phi) is 5.68. The molecule has 0 aliphatic carbocycles. The monoisotopic (exact) mass is 247 g/mol. The molecule has 0 spiro atoms. The van der Waals surface area contributed by atoms with Crippen LogP contribution in [-0.4, -0.2) is 23.8 Å². The third-order valence-corrected chi connectivity index (χ3v) is 2.34. The second-order valence-electron chi connectivity index (χ2n) is 4.05. The van der Waals surface area contributed by atoms with Crippen LogP contribution in [0, 0.1) is 11.3 Å². The van der Waals surface area contributed by atoms with Gasteiger partial charge < -0.3 is 15.7 Å². The summed E-state index contributed by atoms with van der Waals surface area (Å²) in [6, 6.07) is 8.86. The number of urea groups is 1. The van der Waals surface area contributed by atoms with E-state index in [0.29, 0.717) is 25.1 Å². The van der Waals surface area contributed by atoms with Gasteiger partial charge in [-0.25, -0.2) is 4.79 Å². The highest BCUT2D eigenvalue weighted by molar-refractivity contribution is 5.89. The minimum absolute atomic E-state index is 0.302. The third-order valence-electron chi connectivity index (χ3n) is 2.34. The first-order chi connectivity index (χ1) is 8.61. The van der Waals surface area contributed by atoms with Crippen LogP contribution in [0.3, 0.4) is 0 Å². The molecule has 0 aliphatic heterocycles. The lowest BCUT2D eigenvalue weighted by Gasteiger charge is -2.08. The summed E-state index contributed by atoms with van der Waals surface area (Å²) in [6.07, 6.45) is 0.464. The van der Waals surface area contributed by atoms with Crippen molar-refractivity contribution in [1.29, 1.82) is 5.26 Å². The largest absolute Gasteiger partial charge is 0.393 e. The van der Waals surface area contributed by atoms with Crippen molar-refractivity contribution < 1.29 is 9.90 Å². The van der Waals surface area contributed by atoms with E-state index >= 15 is 0 Å². The van der Waals surface area contributed by atoms with Crippen LogP contribution in [0.1, 0.15) is 18.9 Å². The standard InChI is InChI=1S/C13H17N3O2/c1-10(17)7-9-15-13(18)16-12-4-2-11(3-5-12)6-8-14/h2-5,10,17H,6-7,9H2,1H3,(H2,15,16,18). The number of amides is 2. The van der Waals surface area contributed by atoms with Gasteiger partial charge in [0.15, 0.2) is 0 Å². The third kappa shape index (κ3) is 5.32. The van der Waals surface area contributed by atoms with Gasteiger partial charge >= 0.3 is 6.03 Å². The van der Waals surface area contributed by atoms with E-state index in [4.69, 9.17) is 10.4 Å². The zero-order valence-electron chi connectivity index (χ0n) is 10.3. The van der Waals surface area contributed by atoms with Gasteiger partial charge in [0.2, 0.25) is 0 Å². The molecule has 1 aromatic carbocycles. The average molecular weight is 247 g/mol. The van der Waals surface area contributed by atoms with E-state index in [1.807, 2.05) is 0 Å². The Hall–Kier alpha value is -2.06. The van der Waals surface area contributed by atoms with Gasteiger partial charge in [0.1, 0.15) is 0 Å². The van der Waals surface area contributed by atoms with Crippen molar-refractivity contribution in [3.8, 4) is 6.07 Å². The SMILES string of the molecule is CC(O)CCNC(=O)Nc1ccc(CC#N)cc1. The quantitative estimate of drug-likeness (QED) is 0.739. The van der Waals surface area contributed by atoms with Crippen LogP contribution in [-0.2, 0) is 6.42 Å². The molecule has 3 N–H and O–H groups in total. The van der Waals surface area contributed by atoms with E-state index in [2.05, 4.69) is 16.7 Å². The normalized spacial score (nSPS) is 11.4. The van der Waals surface area contributed by atoms with Crippen molar-refractivity contribution in [3.05, 3.63) is 29.8 Å². The van der Waals surface area contributed by atoms with Gasteiger partial charge in [-0.15, -0.1) is 0 Å². The van der Waals surface area contributed by atoms with Gasteiger partial charge in [0.25, 0.3) is 0 Å². The predicted molar refractivity (Wildman–Crippen MR) is 69.1 cm³/mol. The molecule has 0 fully saturated rings. The first-order valence-corrected chi connectivity index (χ1v) is 5.80. The van der Waals surface area contributed by atoms with Gasteiger partial charge in [-0.3, -0.25) is 0 Å². The molecule has 0 aliphatic rings. The number of aliphatic hydroxyl groups excluding tert-OH is 1. The Morgan fingerprint density at radius 2 is 2.11 bits per heavy atom. The van der Waals surface area contributed by atoms with Crippen LogP contribution >= 0.6 is 0 Å². The summed E-state index contributed by atoms with van der Waals surface area (Å²) in [7, 11) is 0. The summed E-state index contributed by atoms with van der Waals surface area (Å²) in [5, 5.41) is 22.9. The number of benzene rings is 1. The van der Waals surface area contributed by atoms with E-state index in [1.165, 1.54) is 0 Å². The number of hydrogen-bond donors (Lipinski definition) is 3. The minimum atomic E-state index is -0.421. The number of rotatable bonds is 5. The Bertz CT molecular complexity index is 421. The summed E-state index contributed by atoms with van der Waals surface area (Å²) < 4.78 is 0. The fourth-order valence-electron chi connectivity index (χ4n) is 1.37. The number of nitrogens with zero attached hydrogens (tertiary/aromatic N) is 1. The van der Waals surface area contributed by atoms with Crippen LogP contribution in [0.5, 0.6) is 0 Å². The minimum Gasteiger partial charge on any atom is -0.393 e. The number of nitriles is 1. The molecule has 5 heteroatoms. The first kappa shape index (κ1) is 14.0. The molecule has 1 unspecified atom stereocenters. The van der Waals surface area contributed by atoms with Crippen LogP contribution in [0.25, 0.3) is 0 Å². The molecule has 5 nitrogen and oxygen atoms in total. The topological polar surface area (TPSA) is 85.2 Å². The Morgan fingerprint density at radius 1 is 1.44 bits per heavy atom. The van der Waals surface area contributed by atoms with Crippen LogP contribution in [0.15, 0.2) is 24.3 Å². The van der Waals surface area contributed by atoms with Crippen LogP contribution < -0.4 is 10.6 Å². The van der Waals surface area contributed by atoms with Gasteiger partial charge in [0, 0.05) is 12.2 Å². The zero-order chi connectivity index (χ0) is 13.4. The van der Waals surface area contributed by atoms with Crippen LogP contribution in [0.2, 0.25) is 0 Å². The molecule has 0 saturated heterocycles. The average Bonchev–Trinajstić information content (AvgIpc) is 2.31. The maximum absolute atomic E-state index is 11.4. The molecule has 96 valence electrons. The van der Waals surface area contributed by atoms with Crippen LogP contribution in [0.4, 0.5) is 10.5 Å². The molecule has 0 radical (unpaired) electrons. The summed E-state index contributed by atoms with van der Waals surface area (Å²) >= 11 is 0. The van der Waals surface area contributed by atoms with E-state index < -0.39 is 6.10 Å². The summed E-state index contributed by atoms with van der Waals surface area (Å²) in [6.45, 7) is 2.10. The summed E-state index contributed by atoms with van der Waals surface area (Å²) in [4.78, 5) is 11.4. The van der Waals surface area contributed by atoms with E-state index in [1.54, 1.807) is 31.2 Å². The number of carbonyl (C=O) groups is 1. The molecule has 18 heavy (non-hydrogen) atoms. The van der Waals surface area contributed by atoms with E-state index in [-0.39, 0.29) is 6.03 Å². The highest BCUT2D eigenvalue weighted by atomic mass is 16.3. The predicted octanol–water partition coefficient (Wildman–Crippen LogP) is 1.65. The molecular formula is C13H17N3O2. The van der Waals surface area contributed by atoms with Crippen molar-refractivity contribution in [1.82, 2.24) is 5.32 Å². The van der Waals surface area contributed by atoms with Crippen molar-refractivity contribution >= 4 is 11.7 Å². The smallest absolute Gasteiger partial charge is 0.319 e. The Balaban J connectivity index is 2.38. The van der Waals surface area contributed by atoms with Gasteiger partial charge in [0.05, 0.1) is 18.6 Å². The molecule has 1 atom stereocenters. The Labute approximate surface area is 106 Å². The highest BCUT2D eigenvalue weighted by Gasteiger charge is 2.02. The fraction of sp³-hybridized carbons (Fsp3) is 0.385. The molecule has 0 heterocycles. The van der Waals surface area contributed by atoms with Crippen molar-refractivity contribution in [2.24, 2.45) is 0 Å². The molecule has 2 amide bonds. The molecule has 1 aromatic rings. The molecule has 0 bridgehead atoms. The zero-order valence-corrected chi connectivity index (χ0v) is 10.3. The lowest BCUT2D eigenvalue weighted by molar-refractivity contribution is 0.184. The molecule has 0 saturated carbocycles. The lowest BCUT2D eigenvalue weighted by Crippen LogP contribution is -2.30. The maximum Gasteiger partial charge on any atom is 0.319 e. The Morgan fingerprint density at radius 3 is 2.67 bits per heavy atom. The highest BCUT2D eigenvalue weighted by Crippen LogP contribution is 2.09. The van der Waals surface area contributed by atoms with Gasteiger partial charge in [-0.1, -0.05) is 12.1 Å². The number of carbonyl (C=O) groups excluding carboxylic acids is 1. The molecular weight excluding hydrogens is 230 g/mol. The first-order valence-electron chi connectivity index (χ1n) is 5.80. The number of nitrogens with one attached hydrogen (secondary N) is 2. The summed E-state index contributed by atoms with van der Waals surface area (Å²) in [5.74, 6) is 0. The fourth-order valence-corrected chi connectivity index (χ4v) is 1.37. The second kappa shape index (κ2) is 7.30. The number of hydrogen-bond acceptors (Lipinski definition) is 3. The number of aliphatic hydroxyl groups is 1.